The third-order valence-corrected chi connectivity index (χ3v) is 3.49. The van der Waals surface area contributed by atoms with E-state index in [4.69, 9.17) is 21.1 Å². The van der Waals surface area contributed by atoms with Gasteiger partial charge in [0.15, 0.2) is 0 Å². The van der Waals surface area contributed by atoms with Crippen molar-refractivity contribution in [1.82, 2.24) is 4.98 Å². The van der Waals surface area contributed by atoms with Crippen LogP contribution in [0.4, 0.5) is 0 Å². The summed E-state index contributed by atoms with van der Waals surface area (Å²) < 4.78 is 10.8. The zero-order chi connectivity index (χ0) is 13.7. The van der Waals surface area contributed by atoms with Gasteiger partial charge in [-0.15, -0.1) is 0 Å². The molecule has 0 aliphatic carbocycles. The average Bonchev–Trinajstić information content (AvgIpc) is 2.45. The summed E-state index contributed by atoms with van der Waals surface area (Å²) in [5, 5.41) is 1.33. The lowest BCUT2D eigenvalue weighted by Crippen LogP contribution is -2.01. The van der Waals surface area contributed by atoms with Gasteiger partial charge in [0.1, 0.15) is 12.4 Å². The predicted molar refractivity (Wildman–Crippen MR) is 79.2 cm³/mol. The molecule has 0 fully saturated rings. The third-order valence-electron chi connectivity index (χ3n) is 2.58. The Kier molecular flexibility index (Phi) is 5.05. The summed E-state index contributed by atoms with van der Waals surface area (Å²) in [5.41, 5.74) is 1.74. The molecule has 0 saturated heterocycles. The van der Waals surface area contributed by atoms with Crippen molar-refractivity contribution < 1.29 is 9.47 Å². The Morgan fingerprint density at radius 3 is 2.74 bits per heavy atom. The lowest BCUT2D eigenvalue weighted by molar-refractivity contribution is 0.296. The zero-order valence-corrected chi connectivity index (χ0v) is 12.7. The number of rotatable bonds is 5. The lowest BCUT2D eigenvalue weighted by atomic mass is 10.2. The summed E-state index contributed by atoms with van der Waals surface area (Å²) in [5.74, 6) is 1.34. The molecule has 0 atom stereocenters. The van der Waals surface area contributed by atoms with E-state index >= 15 is 0 Å². The molecule has 0 radical (unpaired) electrons. The van der Waals surface area contributed by atoms with Crippen LogP contribution in [-0.4, -0.2) is 12.1 Å². The molecule has 5 heteroatoms. The first kappa shape index (κ1) is 14.2. The fourth-order valence-corrected chi connectivity index (χ4v) is 2.58. The summed E-state index contributed by atoms with van der Waals surface area (Å²) in [6, 6.07) is 11.2. The van der Waals surface area contributed by atoms with E-state index in [1.165, 1.54) is 0 Å². The largest absolute Gasteiger partial charge is 0.487 e. The van der Waals surface area contributed by atoms with Crippen molar-refractivity contribution in [2.75, 3.05) is 7.11 Å². The fraction of sp³-hybridized carbons (Fsp3) is 0.214. The second-order valence-corrected chi connectivity index (χ2v) is 4.78. The first-order valence-electron chi connectivity index (χ1n) is 5.70. The minimum atomic E-state index is 0.373. The molecule has 1 aromatic heterocycles. The molecule has 0 amide bonds. The number of pyridine rings is 1. The molecule has 0 saturated carbocycles. The van der Waals surface area contributed by atoms with E-state index in [1.807, 2.05) is 30.3 Å². The van der Waals surface area contributed by atoms with Gasteiger partial charge in [-0.3, -0.25) is 0 Å². The third kappa shape index (κ3) is 3.61. The highest BCUT2D eigenvalue weighted by Crippen LogP contribution is 2.29. The van der Waals surface area contributed by atoms with E-state index in [9.17, 15) is 0 Å². The minimum Gasteiger partial charge on any atom is -0.487 e. The van der Waals surface area contributed by atoms with Crippen molar-refractivity contribution in [2.45, 2.75) is 11.9 Å². The zero-order valence-electron chi connectivity index (χ0n) is 10.4. The number of halogens is 2. The van der Waals surface area contributed by atoms with Crippen LogP contribution in [0.2, 0.25) is 5.02 Å². The smallest absolute Gasteiger partial charge is 0.213 e. The molecular weight excluding hydrogens is 330 g/mol. The molecule has 0 unspecified atom stereocenters. The van der Waals surface area contributed by atoms with Gasteiger partial charge in [-0.1, -0.05) is 39.7 Å². The number of methoxy groups -OCH3 is 1. The molecule has 100 valence electrons. The first-order valence-corrected chi connectivity index (χ1v) is 7.20. The van der Waals surface area contributed by atoms with E-state index < -0.39 is 0 Å². The number of aromatic nitrogens is 1. The maximum atomic E-state index is 6.11. The van der Waals surface area contributed by atoms with Crippen LogP contribution in [0.3, 0.4) is 0 Å². The maximum absolute atomic E-state index is 6.11. The number of nitrogens with zero attached hydrogens (tertiary/aromatic N) is 1. The Bertz CT molecular complexity index is 563. The van der Waals surface area contributed by atoms with Gasteiger partial charge in [0.2, 0.25) is 5.88 Å². The quantitative estimate of drug-likeness (QED) is 0.763. The number of benzene rings is 1. The SMILES string of the molecule is COc1cccc(COc2cccc(Cl)c2CBr)n1. The van der Waals surface area contributed by atoms with Gasteiger partial charge in [-0.2, -0.15) is 0 Å². The average molecular weight is 343 g/mol. The van der Waals surface area contributed by atoms with Crippen molar-refractivity contribution in [3.8, 4) is 11.6 Å². The van der Waals surface area contributed by atoms with E-state index in [0.29, 0.717) is 22.8 Å². The molecule has 3 nitrogen and oxygen atoms in total. The molecule has 1 heterocycles. The van der Waals surface area contributed by atoms with Gasteiger partial charge >= 0.3 is 0 Å². The molecule has 2 rings (SSSR count). The lowest BCUT2D eigenvalue weighted by Gasteiger charge is -2.11. The van der Waals surface area contributed by atoms with Crippen molar-refractivity contribution >= 4 is 27.5 Å². The molecule has 0 aliphatic rings. The Hall–Kier alpha value is -1.26. The standard InChI is InChI=1S/C14H13BrClNO2/c1-18-14-7-2-4-10(17-14)9-19-13-6-3-5-12(16)11(13)8-15/h2-7H,8-9H2,1H3. The molecule has 19 heavy (non-hydrogen) atoms. The Balaban J connectivity index is 2.12. The van der Waals surface area contributed by atoms with Crippen LogP contribution in [0.15, 0.2) is 36.4 Å². The summed E-state index contributed by atoms with van der Waals surface area (Å²) in [6.07, 6.45) is 0. The minimum absolute atomic E-state index is 0.373. The predicted octanol–water partition coefficient (Wildman–Crippen LogP) is 4.22. The maximum Gasteiger partial charge on any atom is 0.213 e. The van der Waals surface area contributed by atoms with Gasteiger partial charge in [0.25, 0.3) is 0 Å². The van der Waals surface area contributed by atoms with Gasteiger partial charge in [-0.25, -0.2) is 4.98 Å². The topological polar surface area (TPSA) is 31.4 Å². The summed E-state index contributed by atoms with van der Waals surface area (Å²) >= 11 is 9.52. The van der Waals surface area contributed by atoms with Crippen molar-refractivity contribution in [3.05, 3.63) is 52.7 Å². The molecular formula is C14H13BrClNO2. The van der Waals surface area contributed by atoms with Crippen LogP contribution in [0.1, 0.15) is 11.3 Å². The van der Waals surface area contributed by atoms with Gasteiger partial charge in [0, 0.05) is 22.0 Å². The number of alkyl halides is 1. The van der Waals surface area contributed by atoms with Crippen LogP contribution < -0.4 is 9.47 Å². The van der Waals surface area contributed by atoms with E-state index in [2.05, 4.69) is 20.9 Å². The van der Waals surface area contributed by atoms with Gasteiger partial charge < -0.3 is 9.47 Å². The summed E-state index contributed by atoms with van der Waals surface area (Å²) in [4.78, 5) is 4.29. The second kappa shape index (κ2) is 6.78. The van der Waals surface area contributed by atoms with Crippen LogP contribution in [0.25, 0.3) is 0 Å². The Morgan fingerprint density at radius 1 is 1.21 bits per heavy atom. The van der Waals surface area contributed by atoms with Crippen molar-refractivity contribution in [2.24, 2.45) is 0 Å². The first-order chi connectivity index (χ1) is 9.24. The van der Waals surface area contributed by atoms with Gasteiger partial charge in [0.05, 0.1) is 12.8 Å². The summed E-state index contributed by atoms with van der Waals surface area (Å²) in [6.45, 7) is 0.373. The number of ether oxygens (including phenoxy) is 2. The van der Waals surface area contributed by atoms with Crippen LogP contribution >= 0.6 is 27.5 Å². The van der Waals surface area contributed by atoms with Crippen LogP contribution in [0.5, 0.6) is 11.6 Å². The molecule has 1 aromatic carbocycles. The van der Waals surface area contributed by atoms with Gasteiger partial charge in [-0.05, 0) is 18.2 Å². The fourth-order valence-electron chi connectivity index (χ4n) is 1.61. The Morgan fingerprint density at radius 2 is 2.00 bits per heavy atom. The molecule has 0 bridgehead atoms. The monoisotopic (exact) mass is 341 g/mol. The normalized spacial score (nSPS) is 10.3. The Labute approximate surface area is 125 Å². The molecule has 2 aromatic rings. The van der Waals surface area contributed by atoms with E-state index in [0.717, 1.165) is 17.0 Å². The van der Waals surface area contributed by atoms with E-state index in [-0.39, 0.29) is 0 Å². The molecule has 0 aliphatic heterocycles. The van der Waals surface area contributed by atoms with Crippen LogP contribution in [-0.2, 0) is 11.9 Å². The highest BCUT2D eigenvalue weighted by atomic mass is 79.9. The van der Waals surface area contributed by atoms with Crippen molar-refractivity contribution in [1.29, 1.82) is 0 Å². The highest BCUT2D eigenvalue weighted by molar-refractivity contribution is 9.08. The van der Waals surface area contributed by atoms with Crippen LogP contribution in [0, 0.1) is 0 Å². The van der Waals surface area contributed by atoms with Crippen molar-refractivity contribution in [3.63, 3.8) is 0 Å². The second-order valence-electron chi connectivity index (χ2n) is 3.81. The van der Waals surface area contributed by atoms with E-state index in [1.54, 1.807) is 13.2 Å². The highest BCUT2D eigenvalue weighted by Gasteiger charge is 2.07. The summed E-state index contributed by atoms with van der Waals surface area (Å²) in [7, 11) is 1.59. The number of hydrogen-bond acceptors (Lipinski definition) is 3. The molecule has 0 spiro atoms. The number of hydrogen-bond donors (Lipinski definition) is 0. The molecule has 0 N–H and O–H groups in total.